The van der Waals surface area contributed by atoms with Crippen LogP contribution in [0.1, 0.15) is 25.0 Å². The number of hydrogen-bond acceptors (Lipinski definition) is 5. The van der Waals surface area contributed by atoms with E-state index in [4.69, 9.17) is 15.0 Å². The second-order valence-electron chi connectivity index (χ2n) is 10.3. The van der Waals surface area contributed by atoms with Crippen molar-refractivity contribution in [2.45, 2.75) is 36.5 Å². The summed E-state index contributed by atoms with van der Waals surface area (Å²) in [6.07, 6.45) is 2.04. The molecule has 1 aliphatic rings. The van der Waals surface area contributed by atoms with E-state index in [9.17, 15) is 0 Å². The Balaban J connectivity index is 1.32. The SMILES string of the molecule is CCc1ccc2c(c1)Sc1cc(CC)ccc1N2c1ccc(-c2nc(-c3ccccc3)nc(-c3ccccc3)n2)cc1. The molecule has 0 fully saturated rings. The van der Waals surface area contributed by atoms with Gasteiger partial charge in [0.15, 0.2) is 17.5 Å². The Bertz CT molecular complexity index is 1760. The van der Waals surface area contributed by atoms with Crippen molar-refractivity contribution in [3.05, 3.63) is 132 Å². The largest absolute Gasteiger partial charge is 0.308 e. The van der Waals surface area contributed by atoms with Gasteiger partial charge < -0.3 is 4.90 Å². The van der Waals surface area contributed by atoms with E-state index in [1.54, 1.807) is 0 Å². The van der Waals surface area contributed by atoms with Gasteiger partial charge in [-0.2, -0.15) is 0 Å². The molecule has 0 saturated carbocycles. The van der Waals surface area contributed by atoms with Crippen LogP contribution in [0.5, 0.6) is 0 Å². The summed E-state index contributed by atoms with van der Waals surface area (Å²) >= 11 is 1.87. The van der Waals surface area contributed by atoms with Crippen LogP contribution in [0.25, 0.3) is 34.2 Å². The topological polar surface area (TPSA) is 41.9 Å². The predicted octanol–water partition coefficient (Wildman–Crippen LogP) is 9.93. The van der Waals surface area contributed by atoms with Crippen molar-refractivity contribution in [3.8, 4) is 34.2 Å². The lowest BCUT2D eigenvalue weighted by atomic mass is 10.1. The standard InChI is InChI=1S/C37H30N4S/c1-3-25-15-21-31-33(23-25)42-34-24-26(4-2)16-22-32(34)41(31)30-19-17-29(18-20-30)37-39-35(27-11-7-5-8-12-27)38-36(40-37)28-13-9-6-10-14-28/h5-24H,3-4H2,1-2H3. The molecular weight excluding hydrogens is 533 g/mol. The maximum Gasteiger partial charge on any atom is 0.164 e. The van der Waals surface area contributed by atoms with Gasteiger partial charge in [0.2, 0.25) is 0 Å². The molecule has 1 aliphatic heterocycles. The van der Waals surface area contributed by atoms with E-state index in [1.165, 1.54) is 32.3 Å². The van der Waals surface area contributed by atoms with Crippen molar-refractivity contribution in [1.29, 1.82) is 0 Å². The van der Waals surface area contributed by atoms with Gasteiger partial charge in [-0.1, -0.05) is 98.4 Å². The molecule has 0 N–H and O–H groups in total. The third-order valence-corrected chi connectivity index (χ3v) is 8.74. The Morgan fingerprint density at radius 3 is 1.36 bits per heavy atom. The number of nitrogens with zero attached hydrogens (tertiary/aromatic N) is 4. The summed E-state index contributed by atoms with van der Waals surface area (Å²) in [4.78, 5) is 19.6. The molecular formula is C37H30N4S. The van der Waals surface area contributed by atoms with E-state index in [0.29, 0.717) is 17.5 Å². The predicted molar refractivity (Wildman–Crippen MR) is 174 cm³/mol. The highest BCUT2D eigenvalue weighted by Gasteiger charge is 2.25. The van der Waals surface area contributed by atoms with Crippen LogP contribution in [-0.4, -0.2) is 15.0 Å². The summed E-state index contributed by atoms with van der Waals surface area (Å²) in [5.41, 5.74) is 9.11. The van der Waals surface area contributed by atoms with Gasteiger partial charge in [0.1, 0.15) is 0 Å². The molecule has 0 amide bonds. The van der Waals surface area contributed by atoms with E-state index >= 15 is 0 Å². The van der Waals surface area contributed by atoms with Gasteiger partial charge in [-0.05, 0) is 72.5 Å². The lowest BCUT2D eigenvalue weighted by Crippen LogP contribution is -2.15. The van der Waals surface area contributed by atoms with Crippen molar-refractivity contribution >= 4 is 28.8 Å². The van der Waals surface area contributed by atoms with Gasteiger partial charge in [-0.3, -0.25) is 0 Å². The first-order valence-corrected chi connectivity index (χ1v) is 15.2. The maximum atomic E-state index is 4.91. The number of aromatic nitrogens is 3. The van der Waals surface area contributed by atoms with Crippen molar-refractivity contribution in [1.82, 2.24) is 15.0 Å². The van der Waals surface area contributed by atoms with Crippen LogP contribution in [0.2, 0.25) is 0 Å². The van der Waals surface area contributed by atoms with Gasteiger partial charge >= 0.3 is 0 Å². The highest BCUT2D eigenvalue weighted by Crippen LogP contribution is 2.52. The van der Waals surface area contributed by atoms with Gasteiger partial charge in [0.05, 0.1) is 11.4 Å². The zero-order valence-electron chi connectivity index (χ0n) is 23.7. The molecule has 5 aromatic carbocycles. The maximum absolute atomic E-state index is 4.91. The molecule has 0 radical (unpaired) electrons. The number of aryl methyl sites for hydroxylation is 2. The minimum atomic E-state index is 0.657. The van der Waals surface area contributed by atoms with Crippen molar-refractivity contribution in [2.24, 2.45) is 0 Å². The van der Waals surface area contributed by atoms with Gasteiger partial charge in [-0.25, -0.2) is 15.0 Å². The molecule has 0 atom stereocenters. The molecule has 204 valence electrons. The molecule has 0 unspecified atom stereocenters. The molecule has 4 nitrogen and oxygen atoms in total. The Hall–Kier alpha value is -4.74. The molecule has 2 heterocycles. The number of hydrogen-bond donors (Lipinski definition) is 0. The van der Waals surface area contributed by atoms with E-state index in [1.807, 2.05) is 72.4 Å². The fourth-order valence-corrected chi connectivity index (χ4v) is 6.50. The first kappa shape index (κ1) is 26.2. The molecule has 1 aromatic heterocycles. The molecule has 7 rings (SSSR count). The zero-order valence-corrected chi connectivity index (χ0v) is 24.5. The summed E-state index contributed by atoms with van der Waals surface area (Å²) in [6.45, 7) is 4.42. The first-order valence-electron chi connectivity index (χ1n) is 14.4. The number of fused-ring (bicyclic) bond motifs is 2. The Morgan fingerprint density at radius 1 is 0.500 bits per heavy atom. The number of benzene rings is 5. The smallest absolute Gasteiger partial charge is 0.164 e. The van der Waals surface area contributed by atoms with Crippen molar-refractivity contribution in [3.63, 3.8) is 0 Å². The zero-order chi connectivity index (χ0) is 28.5. The van der Waals surface area contributed by atoms with Gasteiger partial charge in [-0.15, -0.1) is 0 Å². The van der Waals surface area contributed by atoms with Crippen LogP contribution >= 0.6 is 11.8 Å². The molecule has 0 spiro atoms. The minimum absolute atomic E-state index is 0.657. The van der Waals surface area contributed by atoms with Crippen LogP contribution in [0.15, 0.2) is 131 Å². The summed E-state index contributed by atoms with van der Waals surface area (Å²) < 4.78 is 0. The van der Waals surface area contributed by atoms with E-state index in [-0.39, 0.29) is 0 Å². The lowest BCUT2D eigenvalue weighted by molar-refractivity contribution is 1.07. The molecule has 0 saturated heterocycles. The second-order valence-corrected chi connectivity index (χ2v) is 11.4. The Morgan fingerprint density at radius 2 is 0.929 bits per heavy atom. The number of rotatable bonds is 6. The third kappa shape index (κ3) is 4.97. The molecule has 0 bridgehead atoms. The molecule has 6 aromatic rings. The first-order chi connectivity index (χ1) is 20.7. The molecule has 5 heteroatoms. The van der Waals surface area contributed by atoms with E-state index in [2.05, 4.69) is 79.4 Å². The highest BCUT2D eigenvalue weighted by atomic mass is 32.2. The highest BCUT2D eigenvalue weighted by molar-refractivity contribution is 7.99. The fourth-order valence-electron chi connectivity index (χ4n) is 5.31. The van der Waals surface area contributed by atoms with Crippen LogP contribution in [0.3, 0.4) is 0 Å². The molecule has 0 aliphatic carbocycles. The molecule has 42 heavy (non-hydrogen) atoms. The van der Waals surface area contributed by atoms with Gasteiger partial charge in [0.25, 0.3) is 0 Å². The van der Waals surface area contributed by atoms with Crippen molar-refractivity contribution in [2.75, 3.05) is 4.90 Å². The van der Waals surface area contributed by atoms with E-state index < -0.39 is 0 Å². The minimum Gasteiger partial charge on any atom is -0.308 e. The second kappa shape index (κ2) is 11.3. The fraction of sp³-hybridized carbons (Fsp3) is 0.108. The average molecular weight is 563 g/mol. The van der Waals surface area contributed by atoms with Crippen LogP contribution in [-0.2, 0) is 12.8 Å². The van der Waals surface area contributed by atoms with Crippen LogP contribution in [0, 0.1) is 0 Å². The lowest BCUT2D eigenvalue weighted by Gasteiger charge is -2.33. The van der Waals surface area contributed by atoms with Crippen LogP contribution < -0.4 is 4.90 Å². The average Bonchev–Trinajstić information content (AvgIpc) is 3.07. The summed E-state index contributed by atoms with van der Waals surface area (Å²) in [5, 5.41) is 0. The summed E-state index contributed by atoms with van der Waals surface area (Å²) in [7, 11) is 0. The third-order valence-electron chi connectivity index (χ3n) is 7.65. The Labute approximate surface area is 251 Å². The summed E-state index contributed by atoms with van der Waals surface area (Å²) in [6, 6.07) is 42.5. The van der Waals surface area contributed by atoms with Crippen molar-refractivity contribution < 1.29 is 0 Å². The van der Waals surface area contributed by atoms with E-state index in [0.717, 1.165) is 35.2 Å². The summed E-state index contributed by atoms with van der Waals surface area (Å²) in [5.74, 6) is 1.99. The quantitative estimate of drug-likeness (QED) is 0.202. The normalized spacial score (nSPS) is 12.1. The monoisotopic (exact) mass is 562 g/mol. The van der Waals surface area contributed by atoms with Gasteiger partial charge in [0, 0.05) is 32.2 Å². The Kier molecular flexibility index (Phi) is 7.02. The van der Waals surface area contributed by atoms with Crippen LogP contribution in [0.4, 0.5) is 17.1 Å². The number of anilines is 3.